The number of benzene rings is 2. The number of rotatable bonds is 4. The summed E-state index contributed by atoms with van der Waals surface area (Å²) in [6, 6.07) is 9.39. The van der Waals surface area contributed by atoms with E-state index < -0.39 is 16.2 Å². The van der Waals surface area contributed by atoms with E-state index >= 15 is 0 Å². The smallest absolute Gasteiger partial charge is 0.123 e. The van der Waals surface area contributed by atoms with Crippen molar-refractivity contribution in [3.63, 3.8) is 0 Å². The Hall–Kier alpha value is -2.88. The highest BCUT2D eigenvalue weighted by Crippen LogP contribution is 2.60. The first kappa shape index (κ1) is 19.9. The molecule has 4 heteroatoms. The van der Waals surface area contributed by atoms with Crippen LogP contribution in [0.4, 0.5) is 0 Å². The highest BCUT2D eigenvalue weighted by Gasteiger charge is 2.55. The molecule has 0 spiro atoms. The highest BCUT2D eigenvalue weighted by molar-refractivity contribution is 5.51. The summed E-state index contributed by atoms with van der Waals surface area (Å²) < 4.78 is 0. The summed E-state index contributed by atoms with van der Waals surface area (Å²) in [5.41, 5.74) is -0.176. The Labute approximate surface area is 166 Å². The molecule has 3 rings (SSSR count). The Morgan fingerprint density at radius 2 is 1.18 bits per heavy atom. The topological polar surface area (TPSA) is 80.9 Å². The minimum atomic E-state index is -0.556. The second-order valence-electron chi connectivity index (χ2n) is 8.62. The van der Waals surface area contributed by atoms with Gasteiger partial charge in [0.2, 0.25) is 0 Å². The fourth-order valence-corrected chi connectivity index (χ4v) is 4.91. The monoisotopic (exact) mass is 380 g/mol. The predicted octanol–water partition coefficient (Wildman–Crippen LogP) is 5.27. The molecule has 0 saturated carbocycles. The minimum absolute atomic E-state index is 0.0145. The molecule has 0 fully saturated rings. The van der Waals surface area contributed by atoms with E-state index in [1.54, 1.807) is 24.3 Å². The molecule has 0 aromatic heterocycles. The van der Waals surface area contributed by atoms with Crippen LogP contribution >= 0.6 is 0 Å². The van der Waals surface area contributed by atoms with Gasteiger partial charge in [0.25, 0.3) is 0 Å². The molecular weight excluding hydrogens is 352 g/mol. The molecule has 1 aliphatic carbocycles. The zero-order chi connectivity index (χ0) is 20.7. The van der Waals surface area contributed by atoms with Crippen LogP contribution in [0, 0.1) is 5.41 Å². The van der Waals surface area contributed by atoms with E-state index in [-0.39, 0.29) is 23.0 Å². The van der Waals surface area contributed by atoms with Crippen molar-refractivity contribution < 1.29 is 20.4 Å². The van der Waals surface area contributed by atoms with Crippen LogP contribution in [0.15, 0.2) is 60.7 Å². The van der Waals surface area contributed by atoms with Crippen LogP contribution in [0.3, 0.4) is 0 Å². The average Bonchev–Trinajstić information content (AvgIpc) is 2.61. The fraction of sp³-hybridized carbons (Fsp3) is 0.333. The van der Waals surface area contributed by atoms with Crippen molar-refractivity contribution >= 4 is 0 Å². The summed E-state index contributed by atoms with van der Waals surface area (Å²) in [6.07, 6.45) is 8.94. The lowest BCUT2D eigenvalue weighted by molar-refractivity contribution is 0.102. The van der Waals surface area contributed by atoms with Crippen LogP contribution in [0.25, 0.3) is 0 Å². The number of phenols is 4. The molecule has 1 aliphatic rings. The van der Waals surface area contributed by atoms with Crippen LogP contribution in [-0.2, 0) is 10.8 Å². The Morgan fingerprint density at radius 3 is 1.54 bits per heavy atom. The zero-order valence-electron chi connectivity index (χ0n) is 16.8. The average molecular weight is 380 g/mol. The summed E-state index contributed by atoms with van der Waals surface area (Å²) in [4.78, 5) is 0. The van der Waals surface area contributed by atoms with Gasteiger partial charge in [-0.1, -0.05) is 64.1 Å². The molecule has 2 aromatic rings. The van der Waals surface area contributed by atoms with Crippen LogP contribution in [0.2, 0.25) is 0 Å². The molecule has 28 heavy (non-hydrogen) atoms. The third kappa shape index (κ3) is 2.84. The van der Waals surface area contributed by atoms with Gasteiger partial charge in [-0.05, 0) is 18.6 Å². The number of hydrogen-bond donors (Lipinski definition) is 4. The van der Waals surface area contributed by atoms with Gasteiger partial charge in [-0.15, -0.1) is 0 Å². The summed E-state index contributed by atoms with van der Waals surface area (Å²) in [6.45, 7) is 8.28. The van der Waals surface area contributed by atoms with Crippen LogP contribution < -0.4 is 0 Å². The van der Waals surface area contributed by atoms with Crippen molar-refractivity contribution in [2.45, 2.75) is 44.9 Å². The van der Waals surface area contributed by atoms with Crippen molar-refractivity contribution in [1.82, 2.24) is 0 Å². The highest BCUT2D eigenvalue weighted by atomic mass is 16.3. The second kappa shape index (κ2) is 6.62. The van der Waals surface area contributed by atoms with Crippen molar-refractivity contribution in [3.8, 4) is 23.0 Å². The molecule has 0 amide bonds. The van der Waals surface area contributed by atoms with Crippen molar-refractivity contribution in [2.24, 2.45) is 5.41 Å². The lowest BCUT2D eigenvalue weighted by Crippen LogP contribution is -2.52. The van der Waals surface area contributed by atoms with Gasteiger partial charge in [0, 0.05) is 39.5 Å². The van der Waals surface area contributed by atoms with Gasteiger partial charge < -0.3 is 20.4 Å². The third-order valence-electron chi connectivity index (χ3n) is 6.61. The van der Waals surface area contributed by atoms with Crippen LogP contribution in [0.5, 0.6) is 23.0 Å². The molecule has 0 atom stereocenters. The maximum absolute atomic E-state index is 10.6. The molecule has 0 saturated heterocycles. The number of phenolic OH excluding ortho intramolecular Hbond substituents is 4. The van der Waals surface area contributed by atoms with Gasteiger partial charge in [0.05, 0.1) is 0 Å². The fourth-order valence-electron chi connectivity index (χ4n) is 4.91. The normalized spacial score (nSPS) is 16.3. The van der Waals surface area contributed by atoms with Gasteiger partial charge in [0.1, 0.15) is 23.0 Å². The van der Waals surface area contributed by atoms with Crippen molar-refractivity contribution in [3.05, 3.63) is 71.8 Å². The third-order valence-corrected chi connectivity index (χ3v) is 6.61. The standard InChI is InChI=1S/C24H28O4/c1-22(2,18-10-8-16(25)14-20(18)27)24(12-6-5-7-13-24)23(3,4)19-11-9-17(26)15-21(19)28/h5-12,14-15,25-28H,13H2,1-4H3. The summed E-state index contributed by atoms with van der Waals surface area (Å²) in [5.74, 6) is 0.109. The predicted molar refractivity (Wildman–Crippen MR) is 111 cm³/mol. The van der Waals surface area contributed by atoms with Gasteiger partial charge in [-0.25, -0.2) is 0 Å². The molecule has 2 aromatic carbocycles. The molecule has 4 N–H and O–H groups in total. The van der Waals surface area contributed by atoms with Gasteiger partial charge >= 0.3 is 0 Å². The molecule has 0 unspecified atom stereocenters. The van der Waals surface area contributed by atoms with Crippen molar-refractivity contribution in [1.29, 1.82) is 0 Å². The number of allylic oxidation sites excluding steroid dienone is 4. The molecular formula is C24H28O4. The Bertz CT molecular complexity index is 888. The van der Waals surface area contributed by atoms with E-state index in [0.717, 1.165) is 11.1 Å². The molecule has 0 bridgehead atoms. The van der Waals surface area contributed by atoms with E-state index in [2.05, 4.69) is 39.8 Å². The maximum atomic E-state index is 10.6. The van der Waals surface area contributed by atoms with Gasteiger partial charge in [-0.3, -0.25) is 0 Å². The Morgan fingerprint density at radius 1 is 0.714 bits per heavy atom. The van der Waals surface area contributed by atoms with E-state index in [4.69, 9.17) is 0 Å². The van der Waals surface area contributed by atoms with E-state index in [9.17, 15) is 20.4 Å². The second-order valence-corrected chi connectivity index (χ2v) is 8.62. The largest absolute Gasteiger partial charge is 0.508 e. The summed E-state index contributed by atoms with van der Waals surface area (Å²) in [7, 11) is 0. The first-order valence-electron chi connectivity index (χ1n) is 9.42. The van der Waals surface area contributed by atoms with E-state index in [0.29, 0.717) is 6.42 Å². The molecule has 0 aliphatic heterocycles. The van der Waals surface area contributed by atoms with Gasteiger partial charge in [-0.2, -0.15) is 0 Å². The maximum Gasteiger partial charge on any atom is 0.123 e. The van der Waals surface area contributed by atoms with E-state index in [1.165, 1.54) is 12.1 Å². The summed E-state index contributed by atoms with van der Waals surface area (Å²) >= 11 is 0. The minimum Gasteiger partial charge on any atom is -0.508 e. The van der Waals surface area contributed by atoms with Crippen LogP contribution in [-0.4, -0.2) is 20.4 Å². The lowest BCUT2D eigenvalue weighted by Gasteiger charge is -2.56. The number of hydrogen-bond acceptors (Lipinski definition) is 4. The quantitative estimate of drug-likeness (QED) is 0.583. The van der Waals surface area contributed by atoms with Crippen LogP contribution in [0.1, 0.15) is 45.2 Å². The zero-order valence-corrected chi connectivity index (χ0v) is 16.8. The first-order valence-corrected chi connectivity index (χ1v) is 9.42. The first-order chi connectivity index (χ1) is 13.0. The molecule has 0 radical (unpaired) electrons. The lowest BCUT2D eigenvalue weighted by atomic mass is 9.47. The van der Waals surface area contributed by atoms with Crippen molar-refractivity contribution in [2.75, 3.05) is 0 Å². The number of aromatic hydroxyl groups is 4. The molecule has 0 heterocycles. The molecule has 148 valence electrons. The SMILES string of the molecule is CC(C)(c1ccc(O)cc1O)C1(C(C)(C)c2ccc(O)cc2O)C=CC=CC1. The summed E-state index contributed by atoms with van der Waals surface area (Å²) in [5, 5.41) is 40.7. The Balaban J connectivity index is 2.26. The Kier molecular flexibility index (Phi) is 4.70. The van der Waals surface area contributed by atoms with Gasteiger partial charge in [0.15, 0.2) is 0 Å². The van der Waals surface area contributed by atoms with E-state index in [1.807, 2.05) is 12.2 Å². The molecule has 4 nitrogen and oxygen atoms in total.